The summed E-state index contributed by atoms with van der Waals surface area (Å²) in [5.41, 5.74) is 3.73. The fourth-order valence-electron chi connectivity index (χ4n) is 7.06. The van der Waals surface area contributed by atoms with Crippen LogP contribution in [0.1, 0.15) is 102 Å². The zero-order chi connectivity index (χ0) is 58.7. The Kier molecular flexibility index (Phi) is 30.8. The van der Waals surface area contributed by atoms with E-state index in [4.69, 9.17) is 21.4 Å². The van der Waals surface area contributed by atoms with Crippen LogP contribution in [0.2, 0.25) is 0 Å². The van der Waals surface area contributed by atoms with Crippen LogP contribution in [0, 0.1) is 37.1 Å². The Morgan fingerprint density at radius 2 is 0.938 bits per heavy atom. The molecule has 0 saturated heterocycles. The Labute approximate surface area is 510 Å². The van der Waals surface area contributed by atoms with Gasteiger partial charge in [-0.2, -0.15) is 0 Å². The van der Waals surface area contributed by atoms with E-state index in [2.05, 4.69) is 82.2 Å². The van der Waals surface area contributed by atoms with Crippen LogP contribution >= 0.6 is 75.3 Å². The first-order valence-electron chi connectivity index (χ1n) is 24.7. The third-order valence-electron chi connectivity index (χ3n) is 11.3. The van der Waals surface area contributed by atoms with Gasteiger partial charge in [-0.15, -0.1) is 6.58 Å². The molecule has 81 heavy (non-hydrogen) atoms. The number of carbonyl (C=O) groups is 4. The SMILES string of the molecule is C.C=CCN(C)CCCCCCOc1ccc(C(=O)c2ccc(Br)cc2)c(F)c1.Cc1ccc(C(=O)c2ccc(Br)cc2)c(F)c1.Cc1cccc(F)c1.O=C(Cl)c1ccc(Br)cc1.O=C(c1ccc(Br)cc1)c1ccc(O)cc1F. The van der Waals surface area contributed by atoms with E-state index in [-0.39, 0.29) is 47.3 Å². The number of hydrogen-bond acceptors (Lipinski definition) is 7. The Morgan fingerprint density at radius 1 is 0.531 bits per heavy atom. The standard InChI is InChI=1S/C23H27BrFNO2.C14H10BrFO.C13H8BrFO2.C7H4BrClO.C7H7F.CH4/c1-3-14-26(2)15-6-4-5-7-16-28-20-12-13-21(22(25)17-20)23(27)18-8-10-19(24)11-9-18;1-9-2-7-12(13(16)8-9)14(17)10-3-5-11(15)6-4-10;14-9-3-1-8(2-4-9)13(17)11-6-5-10(16)7-12(11)15;8-6-3-1-5(2-4-6)7(9)10;1-6-3-2-4-7(8)5-6;/h3,8-13,17H,1,4-7,14-16H2,2H3;2-8H,1H3;1-7,16H;1-4H;2-5H,1H3;1H4. The first kappa shape index (κ1) is 68.9. The largest absolute Gasteiger partial charge is 0.508 e. The minimum absolute atomic E-state index is 0. The average Bonchev–Trinajstić information content (AvgIpc) is 3.44. The zero-order valence-electron chi connectivity index (χ0n) is 43.8. The molecular formula is C65H60Br4ClF4NO6. The maximum Gasteiger partial charge on any atom is 0.252 e. The zero-order valence-corrected chi connectivity index (χ0v) is 50.9. The maximum absolute atomic E-state index is 14.4. The summed E-state index contributed by atoms with van der Waals surface area (Å²) in [6.07, 6.45) is 6.19. The number of hydrogen-bond donors (Lipinski definition) is 1. The van der Waals surface area contributed by atoms with E-state index >= 15 is 0 Å². The van der Waals surface area contributed by atoms with Gasteiger partial charge in [-0.05, 0) is 209 Å². The van der Waals surface area contributed by atoms with E-state index in [1.165, 1.54) is 48.5 Å². The molecule has 7 nitrogen and oxygen atoms in total. The second-order valence-corrected chi connectivity index (χ2v) is 21.7. The summed E-state index contributed by atoms with van der Waals surface area (Å²) in [5.74, 6) is -2.70. The molecule has 0 atom stereocenters. The van der Waals surface area contributed by atoms with E-state index in [9.17, 15) is 36.7 Å². The molecule has 0 aliphatic heterocycles. The number of aromatic hydroxyl groups is 1. The smallest absolute Gasteiger partial charge is 0.252 e. The first-order chi connectivity index (χ1) is 38.1. The average molecular weight is 1380 g/mol. The van der Waals surface area contributed by atoms with E-state index in [1.807, 2.05) is 19.1 Å². The summed E-state index contributed by atoms with van der Waals surface area (Å²) >= 11 is 18.3. The van der Waals surface area contributed by atoms with Crippen molar-refractivity contribution < 1.29 is 46.6 Å². The summed E-state index contributed by atoms with van der Waals surface area (Å²) < 4.78 is 62.8. The van der Waals surface area contributed by atoms with Gasteiger partial charge in [0.2, 0.25) is 0 Å². The molecule has 8 rings (SSSR count). The number of nitrogens with zero attached hydrogens (tertiary/aromatic N) is 1. The number of ether oxygens (including phenoxy) is 1. The van der Waals surface area contributed by atoms with Crippen molar-refractivity contribution in [2.75, 3.05) is 26.7 Å². The normalized spacial score (nSPS) is 10.1. The predicted octanol–water partition coefficient (Wildman–Crippen LogP) is 19.1. The van der Waals surface area contributed by atoms with Crippen molar-refractivity contribution in [2.24, 2.45) is 0 Å². The molecule has 0 saturated carbocycles. The second-order valence-electron chi connectivity index (χ2n) is 17.7. The maximum atomic E-state index is 14.4. The molecule has 0 heterocycles. The summed E-state index contributed by atoms with van der Waals surface area (Å²) in [4.78, 5) is 49.2. The van der Waals surface area contributed by atoms with Crippen LogP contribution in [0.3, 0.4) is 0 Å². The number of benzene rings is 8. The van der Waals surface area contributed by atoms with Gasteiger partial charge in [-0.25, -0.2) is 17.6 Å². The lowest BCUT2D eigenvalue weighted by molar-refractivity contribution is 0.102. The summed E-state index contributed by atoms with van der Waals surface area (Å²) in [5, 5.41) is 8.65. The van der Waals surface area contributed by atoms with Crippen molar-refractivity contribution in [3.63, 3.8) is 0 Å². The highest BCUT2D eigenvalue weighted by molar-refractivity contribution is 9.11. The van der Waals surface area contributed by atoms with Gasteiger partial charge < -0.3 is 14.7 Å². The molecule has 0 aromatic heterocycles. The Balaban J connectivity index is 0.000000282. The number of unbranched alkanes of at least 4 members (excludes halogenated alkanes) is 3. The molecule has 8 aromatic rings. The number of likely N-dealkylation sites (N-methyl/N-ethyl adjacent to an activating group) is 1. The van der Waals surface area contributed by atoms with Gasteiger partial charge in [0.15, 0.2) is 17.3 Å². The highest BCUT2D eigenvalue weighted by Gasteiger charge is 2.17. The molecule has 8 aromatic carbocycles. The van der Waals surface area contributed by atoms with Crippen molar-refractivity contribution >= 4 is 97.9 Å². The van der Waals surface area contributed by atoms with Crippen LogP contribution in [0.4, 0.5) is 17.6 Å². The molecule has 0 aliphatic carbocycles. The molecule has 424 valence electrons. The number of ketones is 3. The van der Waals surface area contributed by atoms with Crippen molar-refractivity contribution in [2.45, 2.75) is 47.0 Å². The lowest BCUT2D eigenvalue weighted by Gasteiger charge is -2.13. The number of halogens is 9. The van der Waals surface area contributed by atoms with Crippen molar-refractivity contribution in [3.8, 4) is 11.5 Å². The minimum atomic E-state index is -0.724. The molecule has 0 aliphatic rings. The number of phenolic OH excluding ortho intramolecular Hbond substituents is 1. The van der Waals surface area contributed by atoms with E-state index in [0.717, 1.165) is 73.9 Å². The Hall–Kier alpha value is -6.33. The lowest BCUT2D eigenvalue weighted by Crippen LogP contribution is -2.19. The van der Waals surface area contributed by atoms with Crippen molar-refractivity contribution in [1.29, 1.82) is 0 Å². The van der Waals surface area contributed by atoms with Crippen LogP contribution < -0.4 is 4.74 Å². The van der Waals surface area contributed by atoms with Gasteiger partial charge in [-0.3, -0.25) is 19.2 Å². The fraction of sp³-hybridized carbons (Fsp3) is 0.169. The van der Waals surface area contributed by atoms with Gasteiger partial charge in [-0.1, -0.05) is 108 Å². The van der Waals surface area contributed by atoms with Gasteiger partial charge in [0.1, 0.15) is 34.8 Å². The third-order valence-corrected chi connectivity index (χ3v) is 13.6. The van der Waals surface area contributed by atoms with Crippen molar-refractivity contribution in [3.05, 3.63) is 280 Å². The molecule has 0 radical (unpaired) electrons. The Morgan fingerprint density at radius 3 is 1.33 bits per heavy atom. The highest BCUT2D eigenvalue weighted by Crippen LogP contribution is 2.23. The van der Waals surface area contributed by atoms with E-state index in [0.29, 0.717) is 34.6 Å². The predicted molar refractivity (Wildman–Crippen MR) is 332 cm³/mol. The Bertz CT molecular complexity index is 3190. The highest BCUT2D eigenvalue weighted by atomic mass is 79.9. The van der Waals surface area contributed by atoms with Gasteiger partial charge in [0.25, 0.3) is 5.24 Å². The molecule has 0 fully saturated rings. The van der Waals surface area contributed by atoms with Crippen molar-refractivity contribution in [1.82, 2.24) is 4.90 Å². The van der Waals surface area contributed by atoms with Crippen LogP contribution in [0.5, 0.6) is 11.5 Å². The fourth-order valence-corrected chi connectivity index (χ4v) is 8.24. The number of rotatable bonds is 17. The molecule has 0 amide bonds. The summed E-state index contributed by atoms with van der Waals surface area (Å²) in [6.45, 7) is 9.90. The van der Waals surface area contributed by atoms with Crippen LogP contribution in [0.15, 0.2) is 206 Å². The minimum Gasteiger partial charge on any atom is -0.508 e. The molecule has 0 bridgehead atoms. The second kappa shape index (κ2) is 36.2. The first-order valence-corrected chi connectivity index (χ1v) is 28.3. The van der Waals surface area contributed by atoms with E-state index in [1.54, 1.807) is 122 Å². The van der Waals surface area contributed by atoms with E-state index < -0.39 is 28.5 Å². The van der Waals surface area contributed by atoms with Gasteiger partial charge in [0, 0.05) is 58.8 Å². The third kappa shape index (κ3) is 24.7. The molecule has 16 heteroatoms. The van der Waals surface area contributed by atoms with Gasteiger partial charge >= 0.3 is 0 Å². The number of phenols is 1. The van der Waals surface area contributed by atoms with Crippen LogP contribution in [-0.2, 0) is 0 Å². The number of carbonyl (C=O) groups excluding carboxylic acids is 4. The molecule has 0 spiro atoms. The van der Waals surface area contributed by atoms with Gasteiger partial charge in [0.05, 0.1) is 23.3 Å². The van der Waals surface area contributed by atoms with Crippen LogP contribution in [0.25, 0.3) is 0 Å². The molecule has 1 N–H and O–H groups in total. The number of aryl methyl sites for hydroxylation is 2. The molecular weight excluding hydrogens is 1320 g/mol. The summed E-state index contributed by atoms with van der Waals surface area (Å²) in [7, 11) is 2.09. The van der Waals surface area contributed by atoms with Crippen LogP contribution in [-0.4, -0.2) is 59.3 Å². The topological polar surface area (TPSA) is 101 Å². The summed E-state index contributed by atoms with van der Waals surface area (Å²) in [6, 6.07) is 46.3. The monoisotopic (exact) mass is 1380 g/mol. The quantitative estimate of drug-likeness (QED) is 0.0319. The lowest BCUT2D eigenvalue weighted by atomic mass is 10.0. The molecule has 0 unspecified atom stereocenters.